The maximum Gasteiger partial charge on any atom is 0.295 e. The average molecular weight is 242 g/mol. The Bertz CT molecular complexity index is 365. The summed E-state index contributed by atoms with van der Waals surface area (Å²) < 4.78 is 4.78. The number of aromatic amines is 1. The molecule has 1 heterocycles. The van der Waals surface area contributed by atoms with Gasteiger partial charge in [0.15, 0.2) is 0 Å². The highest BCUT2D eigenvalue weighted by atomic mass is 16.5. The van der Waals surface area contributed by atoms with Gasteiger partial charge in [-0.25, -0.2) is 0 Å². The number of aromatic nitrogens is 4. The largest absolute Gasteiger partial charge is 0.383 e. The number of carbonyl (C=O) groups excluding carboxylic acids is 2. The number of nitrogens with one attached hydrogen (secondary N) is 2. The van der Waals surface area contributed by atoms with E-state index in [1.54, 1.807) is 0 Å². The molecule has 0 aliphatic carbocycles. The minimum atomic E-state index is -0.472. The first kappa shape index (κ1) is 13.0. The fourth-order valence-corrected chi connectivity index (χ4v) is 1.06. The predicted octanol–water partition coefficient (Wildman–Crippen LogP) is -1.97. The second-order valence-electron chi connectivity index (χ2n) is 3.24. The summed E-state index contributed by atoms with van der Waals surface area (Å²) in [5, 5.41) is 15.1. The van der Waals surface area contributed by atoms with Gasteiger partial charge < -0.3 is 15.0 Å². The van der Waals surface area contributed by atoms with E-state index in [4.69, 9.17) is 4.74 Å². The van der Waals surface area contributed by atoms with E-state index in [1.807, 2.05) is 0 Å². The molecule has 9 nitrogen and oxygen atoms in total. The van der Waals surface area contributed by atoms with Crippen molar-refractivity contribution in [3.05, 3.63) is 5.82 Å². The molecule has 1 aromatic heterocycles. The van der Waals surface area contributed by atoms with E-state index < -0.39 is 5.91 Å². The molecule has 0 radical (unpaired) electrons. The summed E-state index contributed by atoms with van der Waals surface area (Å²) in [5.74, 6) is -0.820. The highest BCUT2D eigenvalue weighted by molar-refractivity contribution is 5.92. The van der Waals surface area contributed by atoms with Gasteiger partial charge in [0.05, 0.1) is 13.2 Å². The van der Waals surface area contributed by atoms with Gasteiger partial charge in [-0.3, -0.25) is 9.59 Å². The lowest BCUT2D eigenvalue weighted by molar-refractivity contribution is -0.121. The van der Waals surface area contributed by atoms with Crippen LogP contribution in [0.5, 0.6) is 0 Å². The van der Waals surface area contributed by atoms with E-state index in [9.17, 15) is 9.59 Å². The van der Waals surface area contributed by atoms with Crippen LogP contribution in [0.25, 0.3) is 0 Å². The molecule has 9 heteroatoms. The number of hydrogen-bond acceptors (Lipinski definition) is 6. The Labute approximate surface area is 97.5 Å². The van der Waals surface area contributed by atoms with Crippen LogP contribution in [0.15, 0.2) is 0 Å². The fraction of sp³-hybridized carbons (Fsp3) is 0.625. The quantitative estimate of drug-likeness (QED) is 0.560. The molecule has 0 aliphatic heterocycles. The van der Waals surface area contributed by atoms with Gasteiger partial charge in [0, 0.05) is 20.7 Å². The first-order valence-electron chi connectivity index (χ1n) is 4.89. The molecule has 0 saturated heterocycles. The Morgan fingerprint density at radius 3 is 2.88 bits per heavy atom. The summed E-state index contributed by atoms with van der Waals surface area (Å²) in [6.45, 7) is 0.755. The van der Waals surface area contributed by atoms with Crippen molar-refractivity contribution >= 4 is 11.8 Å². The van der Waals surface area contributed by atoms with E-state index in [0.717, 1.165) is 0 Å². The van der Waals surface area contributed by atoms with Crippen molar-refractivity contribution in [3.63, 3.8) is 0 Å². The van der Waals surface area contributed by atoms with Crippen LogP contribution in [0.3, 0.4) is 0 Å². The van der Waals surface area contributed by atoms with Crippen LogP contribution in [0.2, 0.25) is 0 Å². The number of nitrogens with zero attached hydrogens (tertiary/aromatic N) is 4. The van der Waals surface area contributed by atoms with Crippen LogP contribution in [-0.4, -0.2) is 71.2 Å². The average Bonchev–Trinajstić information content (AvgIpc) is 2.81. The lowest BCUT2D eigenvalue weighted by Crippen LogP contribution is -2.39. The molecule has 1 aromatic rings. The van der Waals surface area contributed by atoms with Crippen molar-refractivity contribution in [2.75, 3.05) is 33.9 Å². The number of tetrazole rings is 1. The molecule has 0 aromatic carbocycles. The van der Waals surface area contributed by atoms with Gasteiger partial charge in [-0.15, -0.1) is 10.2 Å². The van der Waals surface area contributed by atoms with Crippen molar-refractivity contribution in [2.45, 2.75) is 0 Å². The van der Waals surface area contributed by atoms with Crippen LogP contribution in [-0.2, 0) is 9.53 Å². The summed E-state index contributed by atoms with van der Waals surface area (Å²) in [6, 6.07) is 0. The van der Waals surface area contributed by atoms with Gasteiger partial charge >= 0.3 is 0 Å². The van der Waals surface area contributed by atoms with Crippen LogP contribution < -0.4 is 5.32 Å². The monoisotopic (exact) mass is 242 g/mol. The summed E-state index contributed by atoms with van der Waals surface area (Å²) >= 11 is 0. The highest BCUT2D eigenvalue weighted by Crippen LogP contribution is 1.92. The molecule has 94 valence electrons. The highest BCUT2D eigenvalue weighted by Gasteiger charge is 2.18. The van der Waals surface area contributed by atoms with Gasteiger partial charge in [0.25, 0.3) is 11.7 Å². The van der Waals surface area contributed by atoms with Crippen LogP contribution in [0.1, 0.15) is 10.6 Å². The third-order valence-corrected chi connectivity index (χ3v) is 1.89. The Morgan fingerprint density at radius 2 is 2.29 bits per heavy atom. The number of ether oxygens (including phenoxy) is 1. The molecular weight excluding hydrogens is 228 g/mol. The Hall–Kier alpha value is -2.03. The number of likely N-dealkylation sites (N-methyl/N-ethyl adjacent to an activating group) is 1. The smallest absolute Gasteiger partial charge is 0.295 e. The van der Waals surface area contributed by atoms with Crippen molar-refractivity contribution in [1.29, 1.82) is 0 Å². The zero-order valence-corrected chi connectivity index (χ0v) is 9.63. The lowest BCUT2D eigenvalue weighted by Gasteiger charge is -2.14. The second-order valence-corrected chi connectivity index (χ2v) is 3.24. The molecule has 0 saturated carbocycles. The predicted molar refractivity (Wildman–Crippen MR) is 56.0 cm³/mol. The number of rotatable bonds is 6. The van der Waals surface area contributed by atoms with Gasteiger partial charge in [0.2, 0.25) is 5.91 Å². The summed E-state index contributed by atoms with van der Waals surface area (Å²) in [7, 11) is 3.02. The molecule has 0 aliphatic rings. The molecule has 2 amide bonds. The lowest BCUT2D eigenvalue weighted by atomic mass is 10.4. The van der Waals surface area contributed by atoms with Gasteiger partial charge in [-0.1, -0.05) is 0 Å². The Morgan fingerprint density at radius 1 is 1.53 bits per heavy atom. The van der Waals surface area contributed by atoms with Gasteiger partial charge in [0.1, 0.15) is 0 Å². The van der Waals surface area contributed by atoms with Crippen molar-refractivity contribution in [2.24, 2.45) is 0 Å². The molecule has 17 heavy (non-hydrogen) atoms. The molecule has 0 unspecified atom stereocenters. The maximum atomic E-state index is 11.6. The Kier molecular flexibility index (Phi) is 5.01. The molecule has 2 N–H and O–H groups in total. The molecule has 0 fully saturated rings. The topological polar surface area (TPSA) is 113 Å². The summed E-state index contributed by atoms with van der Waals surface area (Å²) in [5.41, 5.74) is 0. The van der Waals surface area contributed by atoms with Crippen LogP contribution >= 0.6 is 0 Å². The number of amides is 2. The third-order valence-electron chi connectivity index (χ3n) is 1.89. The van der Waals surface area contributed by atoms with Crippen molar-refractivity contribution < 1.29 is 14.3 Å². The zero-order chi connectivity index (χ0) is 12.7. The first-order valence-corrected chi connectivity index (χ1v) is 4.89. The van der Waals surface area contributed by atoms with E-state index in [1.165, 1.54) is 19.1 Å². The number of carbonyl (C=O) groups is 2. The fourth-order valence-electron chi connectivity index (χ4n) is 1.06. The Balaban J connectivity index is 2.36. The minimum absolute atomic E-state index is 0.0720. The SMILES string of the molecule is COCCNC(=O)CN(C)C(=O)c1nn[nH]n1. The van der Waals surface area contributed by atoms with Gasteiger partial charge in [-0.2, -0.15) is 5.21 Å². The second kappa shape index (κ2) is 6.53. The molecule has 1 rings (SSSR count). The van der Waals surface area contributed by atoms with E-state index >= 15 is 0 Å². The number of methoxy groups -OCH3 is 1. The minimum Gasteiger partial charge on any atom is -0.383 e. The summed E-state index contributed by atoms with van der Waals surface area (Å²) in [4.78, 5) is 24.2. The molecular formula is C8H14N6O3. The molecule has 0 atom stereocenters. The number of hydrogen-bond donors (Lipinski definition) is 2. The van der Waals surface area contributed by atoms with Gasteiger partial charge in [-0.05, 0) is 5.21 Å². The van der Waals surface area contributed by atoms with E-state index in [2.05, 4.69) is 25.9 Å². The first-order chi connectivity index (χ1) is 8.15. The molecule has 0 spiro atoms. The standard InChI is InChI=1S/C8H14N6O3/c1-14(5-6(15)9-3-4-17-2)8(16)7-10-12-13-11-7/h3-5H2,1-2H3,(H,9,15)(H,10,11,12,13). The van der Waals surface area contributed by atoms with Crippen molar-refractivity contribution in [3.8, 4) is 0 Å². The van der Waals surface area contributed by atoms with E-state index in [0.29, 0.717) is 13.2 Å². The van der Waals surface area contributed by atoms with Crippen LogP contribution in [0, 0.1) is 0 Å². The van der Waals surface area contributed by atoms with E-state index in [-0.39, 0.29) is 18.3 Å². The molecule has 0 bridgehead atoms. The third kappa shape index (κ3) is 4.15. The number of H-pyrrole nitrogens is 1. The van der Waals surface area contributed by atoms with Crippen molar-refractivity contribution in [1.82, 2.24) is 30.8 Å². The zero-order valence-electron chi connectivity index (χ0n) is 9.63. The van der Waals surface area contributed by atoms with Crippen LogP contribution in [0.4, 0.5) is 0 Å². The maximum absolute atomic E-state index is 11.6. The normalized spacial score (nSPS) is 10.0. The summed E-state index contributed by atoms with van der Waals surface area (Å²) in [6.07, 6.45) is 0.